The molecule has 6 heteroatoms. The average Bonchev–Trinajstić information content (AvgIpc) is 2.77. The Balaban J connectivity index is 1.42. The zero-order valence-electron chi connectivity index (χ0n) is 17.6. The van der Waals surface area contributed by atoms with Crippen LogP contribution in [-0.4, -0.2) is 29.3 Å². The van der Waals surface area contributed by atoms with Crippen molar-refractivity contribution in [1.82, 2.24) is 0 Å². The second-order valence-corrected chi connectivity index (χ2v) is 9.59. The molecule has 162 valence electrons. The highest BCUT2D eigenvalue weighted by Crippen LogP contribution is 2.61. The number of hydrogen-bond donors (Lipinski definition) is 2. The molecule has 0 unspecified atom stereocenters. The molecule has 4 fully saturated rings. The Bertz CT molecular complexity index is 993. The van der Waals surface area contributed by atoms with Gasteiger partial charge in [-0.2, -0.15) is 5.06 Å². The third-order valence-corrected chi connectivity index (χ3v) is 7.58. The second-order valence-electron chi connectivity index (χ2n) is 9.59. The van der Waals surface area contributed by atoms with E-state index >= 15 is 0 Å². The SMILES string of the molecule is COC(=O)c1ccc(N(O)C(=O)c2ccc(O)c(C34CC5CC(CC(C5)C3)C4)c2)cc1. The van der Waals surface area contributed by atoms with Crippen LogP contribution in [0.15, 0.2) is 42.5 Å². The van der Waals surface area contributed by atoms with Crippen molar-refractivity contribution in [2.45, 2.75) is 43.9 Å². The van der Waals surface area contributed by atoms with E-state index < -0.39 is 11.9 Å². The van der Waals surface area contributed by atoms with Gasteiger partial charge in [0.2, 0.25) is 0 Å². The van der Waals surface area contributed by atoms with E-state index in [4.69, 9.17) is 0 Å². The van der Waals surface area contributed by atoms with Gasteiger partial charge in [0, 0.05) is 11.1 Å². The van der Waals surface area contributed by atoms with Crippen molar-refractivity contribution in [1.29, 1.82) is 0 Å². The number of phenolic OH excluding ortho intramolecular Hbond substituents is 1. The van der Waals surface area contributed by atoms with Gasteiger partial charge in [0.05, 0.1) is 18.4 Å². The Hall–Kier alpha value is -2.86. The minimum absolute atomic E-state index is 0.0580. The fourth-order valence-electron chi connectivity index (χ4n) is 6.63. The fourth-order valence-corrected chi connectivity index (χ4v) is 6.63. The van der Waals surface area contributed by atoms with Crippen LogP contribution >= 0.6 is 0 Å². The quantitative estimate of drug-likeness (QED) is 0.425. The molecule has 2 aromatic carbocycles. The summed E-state index contributed by atoms with van der Waals surface area (Å²) in [4.78, 5) is 24.6. The predicted molar refractivity (Wildman–Crippen MR) is 114 cm³/mol. The summed E-state index contributed by atoms with van der Waals surface area (Å²) < 4.78 is 4.67. The zero-order chi connectivity index (χ0) is 21.8. The molecule has 31 heavy (non-hydrogen) atoms. The highest BCUT2D eigenvalue weighted by atomic mass is 16.5. The van der Waals surface area contributed by atoms with E-state index in [0.717, 1.165) is 24.8 Å². The minimum atomic E-state index is -0.572. The molecule has 0 saturated heterocycles. The number of phenols is 1. The van der Waals surface area contributed by atoms with Gasteiger partial charge in [0.1, 0.15) is 5.75 Å². The summed E-state index contributed by atoms with van der Waals surface area (Å²) in [5, 5.41) is 21.8. The number of ether oxygens (including phenoxy) is 1. The van der Waals surface area contributed by atoms with Gasteiger partial charge in [0.25, 0.3) is 5.91 Å². The summed E-state index contributed by atoms with van der Waals surface area (Å²) in [5.41, 5.74) is 1.72. The molecule has 0 aliphatic heterocycles. The van der Waals surface area contributed by atoms with Gasteiger partial charge in [-0.25, -0.2) is 4.79 Å². The molecule has 2 aromatic rings. The number of esters is 1. The number of amides is 1. The Labute approximate surface area is 181 Å². The molecule has 0 aromatic heterocycles. The largest absolute Gasteiger partial charge is 0.508 e. The van der Waals surface area contributed by atoms with Gasteiger partial charge in [0.15, 0.2) is 0 Å². The number of rotatable bonds is 4. The smallest absolute Gasteiger partial charge is 0.337 e. The maximum absolute atomic E-state index is 13.0. The topological polar surface area (TPSA) is 87.1 Å². The first-order chi connectivity index (χ1) is 14.9. The highest BCUT2D eigenvalue weighted by molar-refractivity contribution is 6.05. The van der Waals surface area contributed by atoms with Crippen molar-refractivity contribution in [3.05, 3.63) is 59.2 Å². The third kappa shape index (κ3) is 3.39. The summed E-state index contributed by atoms with van der Waals surface area (Å²) in [6.45, 7) is 0. The molecular weight excluding hydrogens is 394 g/mol. The van der Waals surface area contributed by atoms with Crippen molar-refractivity contribution in [2.75, 3.05) is 12.2 Å². The Morgan fingerprint density at radius 1 is 0.935 bits per heavy atom. The monoisotopic (exact) mass is 421 g/mol. The number of hydroxylamine groups is 1. The predicted octanol–water partition coefficient (Wildman–Crippen LogP) is 4.68. The number of aromatic hydroxyl groups is 1. The molecule has 0 radical (unpaired) electrons. The molecule has 6 rings (SSSR count). The van der Waals surface area contributed by atoms with E-state index in [1.165, 1.54) is 50.6 Å². The lowest BCUT2D eigenvalue weighted by Gasteiger charge is -2.57. The molecule has 4 bridgehead atoms. The van der Waals surface area contributed by atoms with Gasteiger partial charge in [-0.3, -0.25) is 10.0 Å². The van der Waals surface area contributed by atoms with Crippen molar-refractivity contribution >= 4 is 17.6 Å². The van der Waals surface area contributed by atoms with Crippen molar-refractivity contribution in [3.8, 4) is 5.75 Å². The Kier molecular flexibility index (Phi) is 4.77. The lowest BCUT2D eigenvalue weighted by atomic mass is 9.48. The van der Waals surface area contributed by atoms with Crippen molar-refractivity contribution < 1.29 is 24.6 Å². The summed E-state index contributed by atoms with van der Waals surface area (Å²) in [7, 11) is 1.30. The van der Waals surface area contributed by atoms with Crippen LogP contribution in [0.5, 0.6) is 5.75 Å². The Morgan fingerprint density at radius 2 is 1.48 bits per heavy atom. The third-order valence-electron chi connectivity index (χ3n) is 7.58. The number of hydrogen-bond acceptors (Lipinski definition) is 5. The molecule has 4 saturated carbocycles. The molecule has 4 aliphatic carbocycles. The maximum atomic E-state index is 13.0. The molecular formula is C25H27NO5. The highest BCUT2D eigenvalue weighted by Gasteiger charge is 2.52. The van der Waals surface area contributed by atoms with Crippen molar-refractivity contribution in [2.24, 2.45) is 17.8 Å². The van der Waals surface area contributed by atoms with Gasteiger partial charge < -0.3 is 9.84 Å². The summed E-state index contributed by atoms with van der Waals surface area (Å²) in [6, 6.07) is 10.9. The number of anilines is 1. The van der Waals surface area contributed by atoms with Crippen LogP contribution in [0.2, 0.25) is 0 Å². The molecule has 0 heterocycles. The van der Waals surface area contributed by atoms with E-state index in [1.807, 2.05) is 0 Å². The molecule has 6 nitrogen and oxygen atoms in total. The fraction of sp³-hybridized carbons (Fsp3) is 0.440. The minimum Gasteiger partial charge on any atom is -0.508 e. The molecule has 4 aliphatic rings. The van der Waals surface area contributed by atoms with E-state index in [2.05, 4.69) is 4.74 Å². The van der Waals surface area contributed by atoms with Crippen LogP contribution in [0, 0.1) is 17.8 Å². The van der Waals surface area contributed by atoms with E-state index in [0.29, 0.717) is 33.9 Å². The van der Waals surface area contributed by atoms with Crippen LogP contribution in [-0.2, 0) is 10.2 Å². The first-order valence-electron chi connectivity index (χ1n) is 10.9. The Morgan fingerprint density at radius 3 is 2.03 bits per heavy atom. The molecule has 0 atom stereocenters. The second kappa shape index (κ2) is 7.38. The zero-order valence-corrected chi connectivity index (χ0v) is 17.6. The van der Waals surface area contributed by atoms with Gasteiger partial charge in [-0.05, 0) is 104 Å². The van der Waals surface area contributed by atoms with E-state index in [9.17, 15) is 19.9 Å². The molecule has 2 N–H and O–H groups in total. The molecule has 1 amide bonds. The average molecular weight is 421 g/mol. The van der Waals surface area contributed by atoms with Crippen molar-refractivity contribution in [3.63, 3.8) is 0 Å². The van der Waals surface area contributed by atoms with Crippen LogP contribution in [0.25, 0.3) is 0 Å². The lowest BCUT2D eigenvalue weighted by Crippen LogP contribution is -2.48. The maximum Gasteiger partial charge on any atom is 0.337 e. The summed E-state index contributed by atoms with van der Waals surface area (Å²) >= 11 is 0. The lowest BCUT2D eigenvalue weighted by molar-refractivity contribution is -0.00615. The van der Waals surface area contributed by atoms with Crippen LogP contribution < -0.4 is 5.06 Å². The van der Waals surface area contributed by atoms with Crippen LogP contribution in [0.4, 0.5) is 5.69 Å². The van der Waals surface area contributed by atoms with E-state index in [-0.39, 0.29) is 16.9 Å². The number of benzene rings is 2. The van der Waals surface area contributed by atoms with Crippen LogP contribution in [0.3, 0.4) is 0 Å². The number of methoxy groups -OCH3 is 1. The normalized spacial score (nSPS) is 28.4. The molecule has 0 spiro atoms. The standard InChI is InChI=1S/C25H27NO5/c1-31-24(29)18-2-5-20(6-3-18)26(30)23(28)19-4-7-22(27)21(11-19)25-12-15-8-16(13-25)10-17(9-15)14-25/h2-7,11,15-17,27,30H,8-10,12-14H2,1H3. The number of nitrogens with zero attached hydrogens (tertiary/aromatic N) is 1. The van der Waals surface area contributed by atoms with E-state index in [1.54, 1.807) is 18.2 Å². The summed E-state index contributed by atoms with van der Waals surface area (Å²) in [5.74, 6) is 1.33. The number of carbonyl (C=O) groups is 2. The van der Waals surface area contributed by atoms with Gasteiger partial charge in [-0.1, -0.05) is 0 Å². The summed E-state index contributed by atoms with van der Waals surface area (Å²) in [6.07, 6.45) is 7.10. The van der Waals surface area contributed by atoms with Gasteiger partial charge >= 0.3 is 5.97 Å². The van der Waals surface area contributed by atoms with Crippen LogP contribution in [0.1, 0.15) is 64.8 Å². The van der Waals surface area contributed by atoms with Gasteiger partial charge in [-0.15, -0.1) is 0 Å². The first-order valence-corrected chi connectivity index (χ1v) is 10.9. The first kappa shape index (κ1) is 20.1. The number of carbonyl (C=O) groups excluding carboxylic acids is 2.